The number of likely N-dealkylation sites (N-methyl/N-ethyl adjacent to an activating group) is 1. The summed E-state index contributed by atoms with van der Waals surface area (Å²) in [5.41, 5.74) is 3.74. The van der Waals surface area contributed by atoms with Crippen molar-refractivity contribution in [1.29, 1.82) is 0 Å². The van der Waals surface area contributed by atoms with Gasteiger partial charge in [0.05, 0.1) is 12.2 Å². The molecule has 0 aromatic carbocycles. The predicted molar refractivity (Wildman–Crippen MR) is 64.1 cm³/mol. The normalized spacial score (nSPS) is 13.5. The molecule has 0 saturated carbocycles. The molecule has 1 unspecified atom stereocenters. The number of nitrogens with one attached hydrogen (secondary N) is 1. The summed E-state index contributed by atoms with van der Waals surface area (Å²) in [5, 5.41) is 7.90. The van der Waals surface area contributed by atoms with Crippen molar-refractivity contribution in [1.82, 2.24) is 15.1 Å². The van der Waals surface area contributed by atoms with Crippen molar-refractivity contribution in [3.63, 3.8) is 0 Å². The number of aromatic nitrogens is 2. The van der Waals surface area contributed by atoms with E-state index in [1.165, 1.54) is 11.3 Å². The maximum Gasteiger partial charge on any atom is 0.0625 e. The quantitative estimate of drug-likeness (QED) is 0.822. The van der Waals surface area contributed by atoms with Crippen molar-refractivity contribution in [2.45, 2.75) is 47.2 Å². The molecule has 1 rings (SSSR count). The molecule has 0 fully saturated rings. The molecule has 1 N–H and O–H groups in total. The van der Waals surface area contributed by atoms with Crippen LogP contribution in [0.3, 0.4) is 0 Å². The van der Waals surface area contributed by atoms with Gasteiger partial charge in [0.15, 0.2) is 0 Å². The van der Waals surface area contributed by atoms with Crippen molar-refractivity contribution >= 4 is 0 Å². The third-order valence-electron chi connectivity index (χ3n) is 3.29. The molecule has 1 heterocycles. The van der Waals surface area contributed by atoms with Crippen molar-refractivity contribution in [2.75, 3.05) is 7.05 Å². The Morgan fingerprint density at radius 3 is 2.20 bits per heavy atom. The van der Waals surface area contributed by atoms with Crippen LogP contribution < -0.4 is 5.32 Å². The molecule has 0 bridgehead atoms. The van der Waals surface area contributed by atoms with Crippen molar-refractivity contribution in [3.05, 3.63) is 17.0 Å². The summed E-state index contributed by atoms with van der Waals surface area (Å²) in [6.07, 6.45) is 0. The van der Waals surface area contributed by atoms with Gasteiger partial charge >= 0.3 is 0 Å². The van der Waals surface area contributed by atoms with E-state index >= 15 is 0 Å². The summed E-state index contributed by atoms with van der Waals surface area (Å²) < 4.78 is 2.12. The van der Waals surface area contributed by atoms with E-state index in [2.05, 4.69) is 49.7 Å². The summed E-state index contributed by atoms with van der Waals surface area (Å²) >= 11 is 0. The lowest BCUT2D eigenvalue weighted by molar-refractivity contribution is 0.359. The highest BCUT2D eigenvalue weighted by atomic mass is 15.3. The van der Waals surface area contributed by atoms with Crippen LogP contribution in [0.25, 0.3) is 0 Å². The lowest BCUT2D eigenvalue weighted by Gasteiger charge is -2.20. The molecule has 15 heavy (non-hydrogen) atoms. The van der Waals surface area contributed by atoms with Gasteiger partial charge in [-0.3, -0.25) is 4.68 Å². The van der Waals surface area contributed by atoms with Gasteiger partial charge in [0, 0.05) is 11.7 Å². The van der Waals surface area contributed by atoms with E-state index in [1.807, 2.05) is 7.05 Å². The zero-order valence-electron chi connectivity index (χ0n) is 10.8. The van der Waals surface area contributed by atoms with Crippen LogP contribution >= 0.6 is 0 Å². The highest BCUT2D eigenvalue weighted by molar-refractivity contribution is 5.22. The van der Waals surface area contributed by atoms with Crippen LogP contribution in [-0.2, 0) is 6.54 Å². The van der Waals surface area contributed by atoms with E-state index in [4.69, 9.17) is 0 Å². The van der Waals surface area contributed by atoms with Gasteiger partial charge < -0.3 is 5.32 Å². The summed E-state index contributed by atoms with van der Waals surface area (Å²) in [5.74, 6) is 0.624. The molecule has 1 atom stereocenters. The highest BCUT2D eigenvalue weighted by Gasteiger charge is 2.14. The molecule has 0 saturated heterocycles. The zero-order valence-corrected chi connectivity index (χ0v) is 10.8. The lowest BCUT2D eigenvalue weighted by Crippen LogP contribution is -2.35. The first-order chi connectivity index (χ1) is 6.97. The van der Waals surface area contributed by atoms with E-state index in [1.54, 1.807) is 0 Å². The Kier molecular flexibility index (Phi) is 3.91. The predicted octanol–water partition coefficient (Wildman–Crippen LogP) is 2.05. The van der Waals surface area contributed by atoms with Crippen LogP contribution in [0.1, 0.15) is 30.8 Å². The minimum Gasteiger partial charge on any atom is -0.315 e. The smallest absolute Gasteiger partial charge is 0.0625 e. The zero-order chi connectivity index (χ0) is 11.6. The molecule has 0 radical (unpaired) electrons. The van der Waals surface area contributed by atoms with Gasteiger partial charge in [-0.2, -0.15) is 5.10 Å². The number of aryl methyl sites for hydroxylation is 1. The fourth-order valence-corrected chi connectivity index (χ4v) is 1.79. The average Bonchev–Trinajstić information content (AvgIpc) is 2.42. The van der Waals surface area contributed by atoms with Crippen LogP contribution in [0, 0.1) is 26.7 Å². The van der Waals surface area contributed by atoms with Crippen molar-refractivity contribution < 1.29 is 0 Å². The van der Waals surface area contributed by atoms with Crippen LogP contribution in [0.5, 0.6) is 0 Å². The van der Waals surface area contributed by atoms with Crippen LogP contribution in [-0.4, -0.2) is 22.9 Å². The molecule has 1 aromatic rings. The number of hydrogen-bond acceptors (Lipinski definition) is 2. The third-order valence-corrected chi connectivity index (χ3v) is 3.29. The van der Waals surface area contributed by atoms with Gasteiger partial charge in [-0.15, -0.1) is 0 Å². The van der Waals surface area contributed by atoms with Crippen LogP contribution in [0.15, 0.2) is 0 Å². The molecule has 0 spiro atoms. The second-order valence-electron chi connectivity index (χ2n) is 4.62. The monoisotopic (exact) mass is 209 g/mol. The van der Waals surface area contributed by atoms with Crippen LogP contribution in [0.2, 0.25) is 0 Å². The fraction of sp³-hybridized carbons (Fsp3) is 0.750. The Balaban J connectivity index is 2.84. The SMILES string of the molecule is CNC(Cn1nc(C)c(C)c1C)C(C)C. The molecule has 86 valence electrons. The first-order valence-electron chi connectivity index (χ1n) is 5.65. The van der Waals surface area contributed by atoms with Gasteiger partial charge in [0.25, 0.3) is 0 Å². The summed E-state index contributed by atoms with van der Waals surface area (Å²) in [6, 6.07) is 0.488. The molecular formula is C12H23N3. The number of nitrogens with zero attached hydrogens (tertiary/aromatic N) is 2. The van der Waals surface area contributed by atoms with Crippen LogP contribution in [0.4, 0.5) is 0 Å². The Hall–Kier alpha value is -0.830. The Labute approximate surface area is 92.9 Å². The van der Waals surface area contributed by atoms with E-state index in [0.29, 0.717) is 12.0 Å². The molecular weight excluding hydrogens is 186 g/mol. The van der Waals surface area contributed by atoms with E-state index < -0.39 is 0 Å². The first kappa shape index (κ1) is 12.2. The molecule has 0 aliphatic carbocycles. The molecule has 3 heteroatoms. The van der Waals surface area contributed by atoms with Crippen molar-refractivity contribution in [2.24, 2.45) is 5.92 Å². The van der Waals surface area contributed by atoms with E-state index in [9.17, 15) is 0 Å². The summed E-state index contributed by atoms with van der Waals surface area (Å²) in [6.45, 7) is 11.8. The lowest BCUT2D eigenvalue weighted by atomic mass is 10.0. The molecule has 0 aliphatic rings. The van der Waals surface area contributed by atoms with Crippen molar-refractivity contribution in [3.8, 4) is 0 Å². The minimum atomic E-state index is 0.488. The average molecular weight is 209 g/mol. The maximum absolute atomic E-state index is 4.56. The Morgan fingerprint density at radius 2 is 1.87 bits per heavy atom. The minimum absolute atomic E-state index is 0.488. The first-order valence-corrected chi connectivity index (χ1v) is 5.65. The molecule has 1 aromatic heterocycles. The largest absolute Gasteiger partial charge is 0.315 e. The Bertz CT molecular complexity index is 326. The summed E-state index contributed by atoms with van der Waals surface area (Å²) in [7, 11) is 2.02. The highest BCUT2D eigenvalue weighted by Crippen LogP contribution is 2.13. The van der Waals surface area contributed by atoms with Gasteiger partial charge in [-0.25, -0.2) is 0 Å². The fourth-order valence-electron chi connectivity index (χ4n) is 1.79. The van der Waals surface area contributed by atoms with Gasteiger partial charge in [-0.1, -0.05) is 13.8 Å². The topological polar surface area (TPSA) is 29.9 Å². The number of rotatable bonds is 4. The van der Waals surface area contributed by atoms with Gasteiger partial charge in [0.2, 0.25) is 0 Å². The van der Waals surface area contributed by atoms with E-state index in [-0.39, 0.29) is 0 Å². The number of hydrogen-bond donors (Lipinski definition) is 1. The van der Waals surface area contributed by atoms with Gasteiger partial charge in [0.1, 0.15) is 0 Å². The summed E-state index contributed by atoms with van der Waals surface area (Å²) in [4.78, 5) is 0. The maximum atomic E-state index is 4.56. The Morgan fingerprint density at radius 1 is 1.27 bits per heavy atom. The third kappa shape index (κ3) is 2.59. The molecule has 0 amide bonds. The second kappa shape index (κ2) is 4.79. The molecule has 0 aliphatic heterocycles. The van der Waals surface area contributed by atoms with Gasteiger partial charge in [-0.05, 0) is 39.3 Å². The molecule has 3 nitrogen and oxygen atoms in total. The van der Waals surface area contributed by atoms with E-state index in [0.717, 1.165) is 12.2 Å². The standard InChI is InChI=1S/C12H23N3/c1-8(2)12(13-6)7-15-11(5)9(3)10(4)14-15/h8,12-13H,7H2,1-6H3. The second-order valence-corrected chi connectivity index (χ2v) is 4.62.